The molecule has 0 aliphatic heterocycles. The molecule has 0 saturated carbocycles. The fraction of sp³-hybridized carbons (Fsp3) is 0.294. The van der Waals surface area contributed by atoms with Crippen LogP contribution >= 0.6 is 0 Å². The van der Waals surface area contributed by atoms with Crippen molar-refractivity contribution in [3.05, 3.63) is 59.9 Å². The lowest BCUT2D eigenvalue weighted by Gasteiger charge is -2.20. The monoisotopic (exact) mass is 283 g/mol. The number of rotatable bonds is 6. The van der Waals surface area contributed by atoms with Gasteiger partial charge < -0.3 is 10.2 Å². The van der Waals surface area contributed by atoms with Crippen molar-refractivity contribution in [1.82, 2.24) is 9.88 Å². The maximum Gasteiger partial charge on any atom is 0.272 e. The molecule has 1 heterocycles. The third-order valence-corrected chi connectivity index (χ3v) is 3.25. The minimum atomic E-state index is -0.0376. The number of nitrogens with one attached hydrogen (secondary N) is 1. The van der Waals surface area contributed by atoms with E-state index < -0.39 is 0 Å². The molecule has 0 fully saturated rings. The lowest BCUT2D eigenvalue weighted by Crippen LogP contribution is -2.30. The molecular weight excluding hydrogens is 262 g/mol. The molecule has 0 radical (unpaired) electrons. The first-order valence-electron chi connectivity index (χ1n) is 7.27. The smallest absolute Gasteiger partial charge is 0.272 e. The van der Waals surface area contributed by atoms with E-state index in [2.05, 4.69) is 10.3 Å². The molecule has 1 aromatic carbocycles. The third-order valence-electron chi connectivity index (χ3n) is 3.25. The number of carbonyl (C=O) groups excluding carboxylic acids is 1. The number of hydrogen-bond donors (Lipinski definition) is 1. The summed E-state index contributed by atoms with van der Waals surface area (Å²) in [6.07, 6.45) is 1.70. The lowest BCUT2D eigenvalue weighted by atomic mass is 10.2. The highest BCUT2D eigenvalue weighted by Crippen LogP contribution is 2.11. The van der Waals surface area contributed by atoms with Gasteiger partial charge in [-0.25, -0.2) is 4.98 Å². The molecule has 4 heteroatoms. The molecule has 1 N–H and O–H groups in total. The predicted molar refractivity (Wildman–Crippen MR) is 85.3 cm³/mol. The molecule has 1 amide bonds. The van der Waals surface area contributed by atoms with E-state index >= 15 is 0 Å². The number of amides is 1. The van der Waals surface area contributed by atoms with E-state index in [1.807, 2.05) is 50.2 Å². The van der Waals surface area contributed by atoms with Crippen molar-refractivity contribution in [2.24, 2.45) is 0 Å². The molecule has 2 aromatic rings. The minimum absolute atomic E-state index is 0.0376. The Kier molecular flexibility index (Phi) is 5.32. The van der Waals surface area contributed by atoms with Crippen molar-refractivity contribution in [1.29, 1.82) is 0 Å². The topological polar surface area (TPSA) is 45.2 Å². The number of benzene rings is 1. The Morgan fingerprint density at radius 1 is 1.14 bits per heavy atom. The summed E-state index contributed by atoms with van der Waals surface area (Å²) in [6, 6.07) is 13.7. The molecule has 110 valence electrons. The van der Waals surface area contributed by atoms with E-state index in [1.54, 1.807) is 17.2 Å². The molecule has 0 spiro atoms. The molecule has 0 aliphatic rings. The van der Waals surface area contributed by atoms with Crippen LogP contribution in [-0.4, -0.2) is 28.9 Å². The first-order chi connectivity index (χ1) is 10.2. The standard InChI is InChI=1S/C17H21N3O/c1-3-18-15-10-11-16(19-12-15)17(21)20(4-2)13-14-8-6-5-7-9-14/h5-12,18H,3-4,13H2,1-2H3. The van der Waals surface area contributed by atoms with Gasteiger partial charge in [0.05, 0.1) is 11.9 Å². The molecule has 0 saturated heterocycles. The first-order valence-corrected chi connectivity index (χ1v) is 7.27. The van der Waals surface area contributed by atoms with Crippen LogP contribution in [0.15, 0.2) is 48.7 Å². The maximum absolute atomic E-state index is 12.5. The van der Waals surface area contributed by atoms with E-state index in [-0.39, 0.29) is 5.91 Å². The van der Waals surface area contributed by atoms with Gasteiger partial charge in [-0.3, -0.25) is 4.79 Å². The Labute approximate surface area is 125 Å². The number of anilines is 1. The van der Waals surface area contributed by atoms with Crippen LogP contribution in [-0.2, 0) is 6.54 Å². The number of pyridine rings is 1. The number of carbonyl (C=O) groups is 1. The summed E-state index contributed by atoms with van der Waals surface area (Å²) in [5, 5.41) is 3.17. The van der Waals surface area contributed by atoms with Gasteiger partial charge in [0.25, 0.3) is 5.91 Å². The van der Waals surface area contributed by atoms with Gasteiger partial charge in [0.15, 0.2) is 0 Å². The fourth-order valence-corrected chi connectivity index (χ4v) is 2.12. The van der Waals surface area contributed by atoms with Gasteiger partial charge in [-0.1, -0.05) is 30.3 Å². The average molecular weight is 283 g/mol. The van der Waals surface area contributed by atoms with Crippen LogP contribution in [0.4, 0.5) is 5.69 Å². The molecule has 2 rings (SSSR count). The van der Waals surface area contributed by atoms with Crippen LogP contribution in [0.1, 0.15) is 29.9 Å². The van der Waals surface area contributed by atoms with E-state index in [4.69, 9.17) is 0 Å². The summed E-state index contributed by atoms with van der Waals surface area (Å²) < 4.78 is 0. The number of aromatic nitrogens is 1. The van der Waals surface area contributed by atoms with Crippen molar-refractivity contribution in [3.63, 3.8) is 0 Å². The second-order valence-corrected chi connectivity index (χ2v) is 4.77. The summed E-state index contributed by atoms with van der Waals surface area (Å²) in [7, 11) is 0. The Morgan fingerprint density at radius 2 is 1.90 bits per heavy atom. The Balaban J connectivity index is 2.08. The zero-order valence-electron chi connectivity index (χ0n) is 12.5. The molecular formula is C17H21N3O. The highest BCUT2D eigenvalue weighted by molar-refractivity contribution is 5.92. The lowest BCUT2D eigenvalue weighted by molar-refractivity contribution is 0.0746. The molecule has 0 unspecified atom stereocenters. The van der Waals surface area contributed by atoms with Gasteiger partial charge in [0, 0.05) is 19.6 Å². The summed E-state index contributed by atoms with van der Waals surface area (Å²) in [5.74, 6) is -0.0376. The van der Waals surface area contributed by atoms with Gasteiger partial charge in [0.1, 0.15) is 5.69 Å². The van der Waals surface area contributed by atoms with Crippen LogP contribution in [0, 0.1) is 0 Å². The summed E-state index contributed by atoms with van der Waals surface area (Å²) in [6.45, 7) is 6.10. The quantitative estimate of drug-likeness (QED) is 0.885. The normalized spacial score (nSPS) is 10.2. The van der Waals surface area contributed by atoms with Crippen LogP contribution in [0.3, 0.4) is 0 Å². The van der Waals surface area contributed by atoms with Gasteiger partial charge in [-0.15, -0.1) is 0 Å². The van der Waals surface area contributed by atoms with Crippen LogP contribution in [0.5, 0.6) is 0 Å². The molecule has 21 heavy (non-hydrogen) atoms. The van der Waals surface area contributed by atoms with Crippen LogP contribution in [0.25, 0.3) is 0 Å². The van der Waals surface area contributed by atoms with E-state index in [0.29, 0.717) is 18.8 Å². The maximum atomic E-state index is 12.5. The van der Waals surface area contributed by atoms with Gasteiger partial charge in [0.2, 0.25) is 0 Å². The van der Waals surface area contributed by atoms with Crippen molar-refractivity contribution >= 4 is 11.6 Å². The Hall–Kier alpha value is -2.36. The Morgan fingerprint density at radius 3 is 2.48 bits per heavy atom. The zero-order valence-corrected chi connectivity index (χ0v) is 12.5. The summed E-state index contributed by atoms with van der Waals surface area (Å²) >= 11 is 0. The molecule has 1 aromatic heterocycles. The van der Waals surface area contributed by atoms with Gasteiger partial charge >= 0.3 is 0 Å². The highest BCUT2D eigenvalue weighted by atomic mass is 16.2. The van der Waals surface area contributed by atoms with Gasteiger partial charge in [-0.05, 0) is 31.5 Å². The SMILES string of the molecule is CCNc1ccc(C(=O)N(CC)Cc2ccccc2)nc1. The van der Waals surface area contributed by atoms with Crippen molar-refractivity contribution in [2.75, 3.05) is 18.4 Å². The van der Waals surface area contributed by atoms with E-state index in [0.717, 1.165) is 17.8 Å². The van der Waals surface area contributed by atoms with Crippen molar-refractivity contribution in [2.45, 2.75) is 20.4 Å². The number of hydrogen-bond acceptors (Lipinski definition) is 3. The van der Waals surface area contributed by atoms with Crippen molar-refractivity contribution < 1.29 is 4.79 Å². The molecule has 0 bridgehead atoms. The molecule has 0 aliphatic carbocycles. The predicted octanol–water partition coefficient (Wildman–Crippen LogP) is 3.18. The van der Waals surface area contributed by atoms with Crippen LogP contribution in [0.2, 0.25) is 0 Å². The van der Waals surface area contributed by atoms with Crippen molar-refractivity contribution in [3.8, 4) is 0 Å². The zero-order chi connectivity index (χ0) is 15.1. The minimum Gasteiger partial charge on any atom is -0.384 e. The average Bonchev–Trinajstić information content (AvgIpc) is 2.54. The third kappa shape index (κ3) is 4.05. The Bertz CT molecular complexity index is 566. The second-order valence-electron chi connectivity index (χ2n) is 4.77. The first kappa shape index (κ1) is 15.0. The second kappa shape index (κ2) is 7.43. The fourth-order valence-electron chi connectivity index (χ4n) is 2.12. The molecule has 0 atom stereocenters. The largest absolute Gasteiger partial charge is 0.384 e. The highest BCUT2D eigenvalue weighted by Gasteiger charge is 2.15. The summed E-state index contributed by atoms with van der Waals surface area (Å²) in [5.41, 5.74) is 2.53. The van der Waals surface area contributed by atoms with E-state index in [1.165, 1.54) is 0 Å². The number of nitrogens with zero attached hydrogens (tertiary/aromatic N) is 2. The van der Waals surface area contributed by atoms with E-state index in [9.17, 15) is 4.79 Å². The van der Waals surface area contributed by atoms with Crippen LogP contribution < -0.4 is 5.32 Å². The van der Waals surface area contributed by atoms with Gasteiger partial charge in [-0.2, -0.15) is 0 Å². The molecule has 4 nitrogen and oxygen atoms in total. The summed E-state index contributed by atoms with van der Waals surface area (Å²) in [4.78, 5) is 18.5.